The van der Waals surface area contributed by atoms with Gasteiger partial charge in [-0.1, -0.05) is 0 Å². The maximum atomic E-state index is 10.1. The van der Waals surface area contributed by atoms with Gasteiger partial charge in [-0.3, -0.25) is 4.79 Å². The Bertz CT molecular complexity index is 77.4. The molecule has 0 rings (SSSR count). The number of aliphatic hydroxyl groups excluding tert-OH is 1. The summed E-state index contributed by atoms with van der Waals surface area (Å²) in [6.07, 6.45) is 0.638. The zero-order valence-electron chi connectivity index (χ0n) is 5.42. The van der Waals surface area contributed by atoms with Gasteiger partial charge in [0.05, 0.1) is 0 Å². The Morgan fingerprint density at radius 3 is 2.56 bits per heavy atom. The van der Waals surface area contributed by atoms with Gasteiger partial charge in [0.1, 0.15) is 0 Å². The van der Waals surface area contributed by atoms with Crippen molar-refractivity contribution in [3.05, 3.63) is 0 Å². The first-order valence-electron chi connectivity index (χ1n) is 2.62. The molecular formula is C5H11NO2V. The van der Waals surface area contributed by atoms with Crippen LogP contribution >= 0.6 is 0 Å². The predicted octanol–water partition coefficient (Wildman–Crippen LogP) is -0.498. The van der Waals surface area contributed by atoms with Crippen LogP contribution < -0.4 is 5.32 Å². The van der Waals surface area contributed by atoms with Gasteiger partial charge < -0.3 is 10.4 Å². The van der Waals surface area contributed by atoms with Gasteiger partial charge >= 0.3 is 0 Å². The molecule has 0 aliphatic heterocycles. The molecule has 0 aromatic rings. The number of rotatable bonds is 3. The van der Waals surface area contributed by atoms with Crippen LogP contribution in [-0.2, 0) is 23.4 Å². The largest absolute Gasteiger partial charge is 0.396 e. The van der Waals surface area contributed by atoms with Crippen molar-refractivity contribution < 1.29 is 28.5 Å². The maximum absolute atomic E-state index is 10.1. The number of carbonyl (C=O) groups excluding carboxylic acids is 1. The summed E-state index contributed by atoms with van der Waals surface area (Å²) in [6.45, 7) is 2.17. The van der Waals surface area contributed by atoms with Gasteiger partial charge in [0, 0.05) is 38.6 Å². The van der Waals surface area contributed by atoms with Crippen molar-refractivity contribution in [2.75, 3.05) is 13.2 Å². The van der Waals surface area contributed by atoms with Crippen LogP contribution in [0.4, 0.5) is 0 Å². The minimum absolute atomic E-state index is 0. The summed E-state index contributed by atoms with van der Waals surface area (Å²) < 4.78 is 0. The topological polar surface area (TPSA) is 49.3 Å². The fraction of sp³-hybridized carbons (Fsp3) is 0.800. The zero-order chi connectivity index (χ0) is 6.41. The molecule has 0 heterocycles. The minimum Gasteiger partial charge on any atom is -0.396 e. The molecule has 0 aromatic heterocycles. The van der Waals surface area contributed by atoms with E-state index < -0.39 is 0 Å². The number of nitrogens with one attached hydrogen (secondary N) is 1. The molecule has 0 unspecified atom stereocenters. The second-order valence-corrected chi connectivity index (χ2v) is 1.56. The van der Waals surface area contributed by atoms with Crippen LogP contribution in [0.3, 0.4) is 0 Å². The van der Waals surface area contributed by atoms with Gasteiger partial charge in [0.25, 0.3) is 0 Å². The van der Waals surface area contributed by atoms with Crippen LogP contribution in [0.15, 0.2) is 0 Å². The average Bonchev–Trinajstić information content (AvgIpc) is 1.66. The summed E-state index contributed by atoms with van der Waals surface area (Å²) in [7, 11) is 0. The summed E-state index contributed by atoms with van der Waals surface area (Å²) in [5, 5.41) is 10.8. The van der Waals surface area contributed by atoms with Gasteiger partial charge in [-0.25, -0.2) is 0 Å². The molecule has 0 saturated carbocycles. The summed E-state index contributed by atoms with van der Waals surface area (Å²) in [6, 6.07) is 0. The molecule has 1 amide bonds. The second kappa shape index (κ2) is 8.01. The van der Waals surface area contributed by atoms with Gasteiger partial charge in [0.2, 0.25) is 5.91 Å². The molecule has 0 aliphatic rings. The summed E-state index contributed by atoms with van der Waals surface area (Å²) in [4.78, 5) is 10.1. The first kappa shape index (κ1) is 11.8. The average molecular weight is 168 g/mol. The summed E-state index contributed by atoms with van der Waals surface area (Å²) >= 11 is 0. The van der Waals surface area contributed by atoms with E-state index in [2.05, 4.69) is 5.32 Å². The minimum atomic E-state index is -0.0431. The van der Waals surface area contributed by atoms with E-state index in [0.29, 0.717) is 13.0 Å². The number of amides is 1. The van der Waals surface area contributed by atoms with E-state index in [1.54, 1.807) is 0 Å². The molecule has 0 saturated heterocycles. The Morgan fingerprint density at radius 2 is 2.22 bits per heavy atom. The van der Waals surface area contributed by atoms with Gasteiger partial charge in [-0.2, -0.15) is 0 Å². The Balaban J connectivity index is 0. The normalized spacial score (nSPS) is 7.78. The molecule has 0 fully saturated rings. The van der Waals surface area contributed by atoms with E-state index in [-0.39, 0.29) is 31.1 Å². The zero-order valence-corrected chi connectivity index (χ0v) is 6.82. The third-order valence-electron chi connectivity index (χ3n) is 0.709. The van der Waals surface area contributed by atoms with Crippen molar-refractivity contribution >= 4 is 5.91 Å². The van der Waals surface area contributed by atoms with E-state index in [9.17, 15) is 4.79 Å². The van der Waals surface area contributed by atoms with Crippen LogP contribution in [0.25, 0.3) is 0 Å². The van der Waals surface area contributed by atoms with Crippen molar-refractivity contribution in [1.29, 1.82) is 0 Å². The van der Waals surface area contributed by atoms with Gasteiger partial charge in [0.15, 0.2) is 0 Å². The van der Waals surface area contributed by atoms with Gasteiger partial charge in [-0.05, 0) is 6.42 Å². The summed E-state index contributed by atoms with van der Waals surface area (Å²) in [5.41, 5.74) is 0. The Morgan fingerprint density at radius 1 is 1.67 bits per heavy atom. The third kappa shape index (κ3) is 11.5. The Labute approximate surface area is 66.7 Å². The van der Waals surface area contributed by atoms with E-state index in [1.165, 1.54) is 6.92 Å². The molecule has 2 N–H and O–H groups in total. The molecular weight excluding hydrogens is 157 g/mol. The molecule has 53 valence electrons. The van der Waals surface area contributed by atoms with Crippen molar-refractivity contribution in [2.24, 2.45) is 0 Å². The quantitative estimate of drug-likeness (QED) is 0.558. The van der Waals surface area contributed by atoms with Crippen molar-refractivity contribution in [3.8, 4) is 0 Å². The number of hydrogen-bond donors (Lipinski definition) is 2. The first-order chi connectivity index (χ1) is 3.77. The Hall–Kier alpha value is 0.0144. The predicted molar refractivity (Wildman–Crippen MR) is 30.4 cm³/mol. The molecule has 0 aliphatic carbocycles. The van der Waals surface area contributed by atoms with Crippen LogP contribution in [-0.4, -0.2) is 24.2 Å². The van der Waals surface area contributed by atoms with Crippen molar-refractivity contribution in [3.63, 3.8) is 0 Å². The standard InChI is InChI=1S/C5H11NO2.V/c1-5(8)6-3-2-4-7;/h7H,2-4H2,1H3,(H,6,8);. The number of hydrogen-bond acceptors (Lipinski definition) is 2. The SMILES string of the molecule is CC(=O)NCCCO.[V]. The van der Waals surface area contributed by atoms with Crippen LogP contribution in [0.1, 0.15) is 13.3 Å². The molecule has 3 nitrogen and oxygen atoms in total. The van der Waals surface area contributed by atoms with Crippen LogP contribution in [0.2, 0.25) is 0 Å². The molecule has 0 atom stereocenters. The van der Waals surface area contributed by atoms with E-state index in [0.717, 1.165) is 0 Å². The fourth-order valence-corrected chi connectivity index (χ4v) is 0.343. The number of carbonyl (C=O) groups is 1. The molecule has 0 aromatic carbocycles. The molecule has 0 bridgehead atoms. The second-order valence-electron chi connectivity index (χ2n) is 1.56. The Kier molecular flexibility index (Phi) is 10.5. The molecule has 9 heavy (non-hydrogen) atoms. The molecule has 4 heteroatoms. The smallest absolute Gasteiger partial charge is 0.216 e. The van der Waals surface area contributed by atoms with E-state index >= 15 is 0 Å². The summed E-state index contributed by atoms with van der Waals surface area (Å²) in [5.74, 6) is -0.0431. The van der Waals surface area contributed by atoms with E-state index in [1.807, 2.05) is 0 Å². The molecule has 1 radical (unpaired) electrons. The maximum Gasteiger partial charge on any atom is 0.216 e. The van der Waals surface area contributed by atoms with Crippen LogP contribution in [0.5, 0.6) is 0 Å². The third-order valence-corrected chi connectivity index (χ3v) is 0.709. The van der Waals surface area contributed by atoms with Crippen molar-refractivity contribution in [2.45, 2.75) is 13.3 Å². The fourth-order valence-electron chi connectivity index (χ4n) is 0.343. The van der Waals surface area contributed by atoms with Crippen LogP contribution in [0, 0.1) is 0 Å². The number of aliphatic hydroxyl groups is 1. The van der Waals surface area contributed by atoms with E-state index in [4.69, 9.17) is 5.11 Å². The first-order valence-corrected chi connectivity index (χ1v) is 2.62. The monoisotopic (exact) mass is 168 g/mol. The molecule has 0 spiro atoms. The van der Waals surface area contributed by atoms with Gasteiger partial charge in [-0.15, -0.1) is 0 Å². The van der Waals surface area contributed by atoms with Crippen molar-refractivity contribution in [1.82, 2.24) is 5.32 Å².